The molecule has 0 fully saturated rings. The molecule has 130 valence electrons. The minimum absolute atomic E-state index is 0.581. The van der Waals surface area contributed by atoms with Crippen LogP contribution in [-0.4, -0.2) is 25.7 Å². The summed E-state index contributed by atoms with van der Waals surface area (Å²) in [5.41, 5.74) is 5.41. The minimum atomic E-state index is 0.581. The molecule has 1 heterocycles. The second-order valence-corrected chi connectivity index (χ2v) is 6.17. The van der Waals surface area contributed by atoms with Crippen LogP contribution in [0.1, 0.15) is 12.5 Å². The zero-order valence-corrected chi connectivity index (χ0v) is 15.6. The second-order valence-electron chi connectivity index (χ2n) is 5.54. The smallest absolute Gasteiger partial charge is 0.203 e. The number of methoxy groups -OCH3 is 3. The van der Waals surface area contributed by atoms with E-state index in [4.69, 9.17) is 14.2 Å². The van der Waals surface area contributed by atoms with E-state index < -0.39 is 0 Å². The highest BCUT2D eigenvalue weighted by Crippen LogP contribution is 2.43. The Balaban J connectivity index is 2.10. The van der Waals surface area contributed by atoms with Gasteiger partial charge in [0.2, 0.25) is 5.75 Å². The van der Waals surface area contributed by atoms with Gasteiger partial charge in [0.25, 0.3) is 0 Å². The first-order valence-corrected chi connectivity index (χ1v) is 8.89. The molecule has 0 N–H and O–H groups in total. The van der Waals surface area contributed by atoms with Gasteiger partial charge in [0.1, 0.15) is 0 Å². The van der Waals surface area contributed by atoms with Gasteiger partial charge in [-0.1, -0.05) is 31.2 Å². The first-order valence-electron chi connectivity index (χ1n) is 8.05. The first kappa shape index (κ1) is 17.3. The van der Waals surface area contributed by atoms with Crippen LogP contribution in [0.2, 0.25) is 0 Å². The molecule has 25 heavy (non-hydrogen) atoms. The molecule has 0 radical (unpaired) electrons. The van der Waals surface area contributed by atoms with Gasteiger partial charge in [0.05, 0.1) is 27.0 Å². The highest BCUT2D eigenvalue weighted by atomic mass is 32.1. The lowest BCUT2D eigenvalue weighted by Gasteiger charge is -2.14. The zero-order chi connectivity index (χ0) is 17.8. The van der Waals surface area contributed by atoms with Crippen molar-refractivity contribution < 1.29 is 14.2 Å². The lowest BCUT2D eigenvalue weighted by atomic mass is 10.00. The van der Waals surface area contributed by atoms with E-state index in [0.29, 0.717) is 17.2 Å². The van der Waals surface area contributed by atoms with Crippen molar-refractivity contribution in [2.24, 2.45) is 0 Å². The van der Waals surface area contributed by atoms with Crippen molar-refractivity contribution >= 4 is 11.5 Å². The van der Waals surface area contributed by atoms with Crippen LogP contribution in [0.25, 0.3) is 22.4 Å². The summed E-state index contributed by atoms with van der Waals surface area (Å²) in [5.74, 6) is 1.83. The van der Waals surface area contributed by atoms with Gasteiger partial charge in [0, 0.05) is 16.5 Å². The Hall–Kier alpha value is -2.53. The number of hydrogen-bond acceptors (Lipinski definition) is 5. The summed E-state index contributed by atoms with van der Waals surface area (Å²) in [7, 11) is 4.84. The van der Waals surface area contributed by atoms with E-state index in [2.05, 4.69) is 40.9 Å². The second kappa shape index (κ2) is 7.57. The third-order valence-corrected chi connectivity index (χ3v) is 4.81. The SMILES string of the molecule is CCc1ccc(-c2csnc2-c2cc(OC)c(OC)c(OC)c2)cc1. The van der Waals surface area contributed by atoms with Crippen molar-refractivity contribution in [2.75, 3.05) is 21.3 Å². The molecular weight excluding hydrogens is 334 g/mol. The predicted molar refractivity (Wildman–Crippen MR) is 102 cm³/mol. The molecule has 3 aromatic rings. The molecule has 1 aromatic heterocycles. The molecule has 0 atom stereocenters. The normalized spacial score (nSPS) is 10.6. The summed E-state index contributed by atoms with van der Waals surface area (Å²) >= 11 is 1.44. The van der Waals surface area contributed by atoms with Crippen LogP contribution < -0.4 is 14.2 Å². The number of aryl methyl sites for hydroxylation is 1. The molecule has 0 saturated carbocycles. The molecule has 0 bridgehead atoms. The van der Waals surface area contributed by atoms with Crippen molar-refractivity contribution in [3.05, 3.63) is 47.3 Å². The summed E-state index contributed by atoms with van der Waals surface area (Å²) < 4.78 is 20.9. The summed E-state index contributed by atoms with van der Waals surface area (Å²) in [6.07, 6.45) is 1.03. The highest BCUT2D eigenvalue weighted by Gasteiger charge is 2.18. The lowest BCUT2D eigenvalue weighted by molar-refractivity contribution is 0.324. The third kappa shape index (κ3) is 3.33. The lowest BCUT2D eigenvalue weighted by Crippen LogP contribution is -1.96. The molecule has 0 saturated heterocycles. The summed E-state index contributed by atoms with van der Waals surface area (Å²) in [6, 6.07) is 12.5. The van der Waals surface area contributed by atoms with Gasteiger partial charge < -0.3 is 14.2 Å². The van der Waals surface area contributed by atoms with Crippen molar-refractivity contribution in [3.8, 4) is 39.6 Å². The molecule has 4 nitrogen and oxygen atoms in total. The van der Waals surface area contributed by atoms with Gasteiger partial charge in [-0.15, -0.1) is 0 Å². The van der Waals surface area contributed by atoms with Crippen molar-refractivity contribution in [2.45, 2.75) is 13.3 Å². The van der Waals surface area contributed by atoms with Gasteiger partial charge >= 0.3 is 0 Å². The number of ether oxygens (including phenoxy) is 3. The molecule has 0 aliphatic rings. The molecule has 0 aliphatic carbocycles. The van der Waals surface area contributed by atoms with Crippen LogP contribution in [0, 0.1) is 0 Å². The van der Waals surface area contributed by atoms with E-state index in [9.17, 15) is 0 Å². The van der Waals surface area contributed by atoms with E-state index >= 15 is 0 Å². The zero-order valence-electron chi connectivity index (χ0n) is 14.8. The van der Waals surface area contributed by atoms with E-state index in [0.717, 1.165) is 28.8 Å². The quantitative estimate of drug-likeness (QED) is 0.619. The molecule has 0 spiro atoms. The van der Waals surface area contributed by atoms with E-state index in [1.807, 2.05) is 12.1 Å². The molecule has 2 aromatic carbocycles. The van der Waals surface area contributed by atoms with Crippen LogP contribution in [0.5, 0.6) is 17.2 Å². The van der Waals surface area contributed by atoms with Crippen LogP contribution >= 0.6 is 11.5 Å². The molecule has 0 unspecified atom stereocenters. The standard InChI is InChI=1S/C20H21NO3S/c1-5-13-6-8-14(9-7-13)16-12-25-21-19(16)15-10-17(22-2)20(24-4)18(11-15)23-3/h6-12H,5H2,1-4H3. The highest BCUT2D eigenvalue weighted by molar-refractivity contribution is 7.04. The molecule has 0 aliphatic heterocycles. The monoisotopic (exact) mass is 355 g/mol. The summed E-state index contributed by atoms with van der Waals surface area (Å²) in [5, 5.41) is 2.07. The number of hydrogen-bond donors (Lipinski definition) is 0. The molecule has 5 heteroatoms. The Bertz CT molecular complexity index is 831. The van der Waals surface area contributed by atoms with Crippen LogP contribution in [0.3, 0.4) is 0 Å². The largest absolute Gasteiger partial charge is 0.493 e. The summed E-state index contributed by atoms with van der Waals surface area (Å²) in [6.45, 7) is 2.16. The van der Waals surface area contributed by atoms with Crippen molar-refractivity contribution in [1.82, 2.24) is 4.37 Å². The van der Waals surface area contributed by atoms with E-state index in [1.165, 1.54) is 17.1 Å². The van der Waals surface area contributed by atoms with Gasteiger partial charge in [-0.25, -0.2) is 0 Å². The maximum Gasteiger partial charge on any atom is 0.203 e. The first-order chi connectivity index (χ1) is 12.2. The number of benzene rings is 2. The Labute approximate surface area is 152 Å². The van der Waals surface area contributed by atoms with Gasteiger partial charge in [-0.3, -0.25) is 0 Å². The fourth-order valence-corrected chi connectivity index (χ4v) is 3.50. The fourth-order valence-electron chi connectivity index (χ4n) is 2.79. The van der Waals surface area contributed by atoms with Gasteiger partial charge in [-0.05, 0) is 41.2 Å². The molecule has 0 amide bonds. The van der Waals surface area contributed by atoms with Crippen LogP contribution in [0.4, 0.5) is 0 Å². The van der Waals surface area contributed by atoms with E-state index in [1.54, 1.807) is 21.3 Å². The number of rotatable bonds is 6. The topological polar surface area (TPSA) is 40.6 Å². The minimum Gasteiger partial charge on any atom is -0.493 e. The maximum absolute atomic E-state index is 5.46. The maximum atomic E-state index is 5.46. The van der Waals surface area contributed by atoms with Crippen molar-refractivity contribution in [3.63, 3.8) is 0 Å². The Morgan fingerprint density at radius 2 is 1.52 bits per heavy atom. The Kier molecular flexibility index (Phi) is 5.24. The van der Waals surface area contributed by atoms with Crippen LogP contribution in [-0.2, 0) is 6.42 Å². The summed E-state index contributed by atoms with van der Waals surface area (Å²) in [4.78, 5) is 0. The van der Waals surface area contributed by atoms with E-state index in [-0.39, 0.29) is 0 Å². The Morgan fingerprint density at radius 3 is 2.04 bits per heavy atom. The average Bonchev–Trinajstić information content (AvgIpc) is 3.16. The molecule has 3 rings (SSSR count). The number of nitrogens with zero attached hydrogens (tertiary/aromatic N) is 1. The Morgan fingerprint density at radius 1 is 0.880 bits per heavy atom. The van der Waals surface area contributed by atoms with Crippen LogP contribution in [0.15, 0.2) is 41.8 Å². The number of aromatic nitrogens is 1. The van der Waals surface area contributed by atoms with Gasteiger partial charge in [0.15, 0.2) is 11.5 Å². The third-order valence-electron chi connectivity index (χ3n) is 4.18. The predicted octanol–water partition coefficient (Wildman–Crippen LogP) is 5.07. The fraction of sp³-hybridized carbons (Fsp3) is 0.250. The molecular formula is C20H21NO3S. The van der Waals surface area contributed by atoms with Gasteiger partial charge in [-0.2, -0.15) is 4.37 Å². The van der Waals surface area contributed by atoms with Crippen molar-refractivity contribution in [1.29, 1.82) is 0 Å². The average molecular weight is 355 g/mol.